The molecule has 0 saturated heterocycles. The molecule has 0 aliphatic rings. The fourth-order valence-electron chi connectivity index (χ4n) is 2.70. The maximum atomic E-state index is 12.4. The summed E-state index contributed by atoms with van der Waals surface area (Å²) >= 11 is 0. The minimum atomic E-state index is -0.171. The number of carbonyl (C=O) groups is 1. The smallest absolute Gasteiger partial charge is 0.255 e. The highest BCUT2D eigenvalue weighted by molar-refractivity contribution is 6.04. The monoisotopic (exact) mass is 391 g/mol. The molecule has 1 amide bonds. The SMILES string of the molecule is CCOc1ccc(C(=O)Nc2ccc(Nc3cc(N(C)C)nc(C)n3)cc2)cc1. The van der Waals surface area contributed by atoms with Crippen molar-refractivity contribution in [2.75, 3.05) is 36.2 Å². The summed E-state index contributed by atoms with van der Waals surface area (Å²) in [5.74, 6) is 2.82. The van der Waals surface area contributed by atoms with E-state index in [0.717, 1.165) is 17.3 Å². The molecule has 0 saturated carbocycles. The summed E-state index contributed by atoms with van der Waals surface area (Å²) in [6, 6.07) is 16.4. The van der Waals surface area contributed by atoms with E-state index in [2.05, 4.69) is 20.6 Å². The Hall–Kier alpha value is -3.61. The van der Waals surface area contributed by atoms with Crippen LogP contribution in [0.1, 0.15) is 23.1 Å². The lowest BCUT2D eigenvalue weighted by Crippen LogP contribution is -2.12. The second-order valence-electron chi connectivity index (χ2n) is 6.67. The minimum Gasteiger partial charge on any atom is -0.494 e. The summed E-state index contributed by atoms with van der Waals surface area (Å²) in [6.07, 6.45) is 0. The summed E-state index contributed by atoms with van der Waals surface area (Å²) in [7, 11) is 3.88. The van der Waals surface area contributed by atoms with E-state index in [0.29, 0.717) is 29.5 Å². The number of benzene rings is 2. The van der Waals surface area contributed by atoms with Gasteiger partial charge in [-0.05, 0) is 62.4 Å². The van der Waals surface area contributed by atoms with Gasteiger partial charge in [0.1, 0.15) is 23.2 Å². The van der Waals surface area contributed by atoms with Crippen molar-refractivity contribution in [1.29, 1.82) is 0 Å². The molecular weight excluding hydrogens is 366 g/mol. The highest BCUT2D eigenvalue weighted by atomic mass is 16.5. The number of nitrogens with one attached hydrogen (secondary N) is 2. The molecule has 0 aliphatic heterocycles. The van der Waals surface area contributed by atoms with Gasteiger partial charge in [-0.25, -0.2) is 9.97 Å². The molecule has 1 aromatic heterocycles. The maximum absolute atomic E-state index is 12.4. The maximum Gasteiger partial charge on any atom is 0.255 e. The van der Waals surface area contributed by atoms with Gasteiger partial charge < -0.3 is 20.3 Å². The number of amides is 1. The Morgan fingerprint density at radius 3 is 2.28 bits per heavy atom. The molecule has 0 fully saturated rings. The molecule has 2 aromatic carbocycles. The van der Waals surface area contributed by atoms with Crippen LogP contribution >= 0.6 is 0 Å². The number of ether oxygens (including phenoxy) is 1. The average Bonchev–Trinajstić information content (AvgIpc) is 2.70. The molecule has 1 heterocycles. The summed E-state index contributed by atoms with van der Waals surface area (Å²) in [4.78, 5) is 23.1. The van der Waals surface area contributed by atoms with Crippen molar-refractivity contribution in [2.45, 2.75) is 13.8 Å². The van der Waals surface area contributed by atoms with Crippen LogP contribution in [0.3, 0.4) is 0 Å². The molecule has 3 rings (SSSR count). The third kappa shape index (κ3) is 5.44. The Labute approximate surface area is 170 Å². The normalized spacial score (nSPS) is 10.3. The van der Waals surface area contributed by atoms with Crippen LogP contribution in [-0.2, 0) is 0 Å². The zero-order valence-electron chi connectivity index (χ0n) is 17.1. The van der Waals surface area contributed by atoms with Crippen molar-refractivity contribution in [2.24, 2.45) is 0 Å². The van der Waals surface area contributed by atoms with Crippen molar-refractivity contribution in [3.63, 3.8) is 0 Å². The topological polar surface area (TPSA) is 79.4 Å². The summed E-state index contributed by atoms with van der Waals surface area (Å²) in [5.41, 5.74) is 2.15. The standard InChI is InChI=1S/C22H25N5O2/c1-5-29-19-12-6-16(7-13-19)22(28)26-18-10-8-17(9-11-18)25-20-14-21(27(3)4)24-15(2)23-20/h6-14H,5H2,1-4H3,(H,26,28)(H,23,24,25). The number of anilines is 4. The molecule has 7 heteroatoms. The van der Waals surface area contributed by atoms with E-state index in [1.807, 2.05) is 63.2 Å². The van der Waals surface area contributed by atoms with E-state index in [-0.39, 0.29) is 5.91 Å². The fourth-order valence-corrected chi connectivity index (χ4v) is 2.70. The van der Waals surface area contributed by atoms with Crippen LogP contribution in [0.15, 0.2) is 54.6 Å². The van der Waals surface area contributed by atoms with Crippen molar-refractivity contribution in [1.82, 2.24) is 9.97 Å². The highest BCUT2D eigenvalue weighted by Gasteiger charge is 2.07. The quantitative estimate of drug-likeness (QED) is 0.627. The summed E-state index contributed by atoms with van der Waals surface area (Å²) < 4.78 is 5.40. The molecule has 3 aromatic rings. The molecule has 0 bridgehead atoms. The number of hydrogen-bond donors (Lipinski definition) is 2. The second kappa shape index (κ2) is 9.05. The van der Waals surface area contributed by atoms with Crippen LogP contribution in [0.25, 0.3) is 0 Å². The van der Waals surface area contributed by atoms with E-state index in [1.165, 1.54) is 0 Å². The van der Waals surface area contributed by atoms with Crippen molar-refractivity contribution in [3.8, 4) is 5.75 Å². The lowest BCUT2D eigenvalue weighted by molar-refractivity contribution is 0.102. The van der Waals surface area contributed by atoms with Gasteiger partial charge in [0.25, 0.3) is 5.91 Å². The zero-order valence-corrected chi connectivity index (χ0v) is 17.1. The third-order valence-electron chi connectivity index (χ3n) is 4.13. The number of hydrogen-bond acceptors (Lipinski definition) is 6. The second-order valence-corrected chi connectivity index (χ2v) is 6.67. The van der Waals surface area contributed by atoms with Crippen LogP contribution < -0.4 is 20.3 Å². The zero-order chi connectivity index (χ0) is 20.8. The first-order valence-corrected chi connectivity index (χ1v) is 9.39. The Morgan fingerprint density at radius 2 is 1.66 bits per heavy atom. The molecule has 0 atom stereocenters. The molecule has 0 spiro atoms. The molecule has 7 nitrogen and oxygen atoms in total. The Kier molecular flexibility index (Phi) is 6.29. The minimum absolute atomic E-state index is 0.171. The Morgan fingerprint density at radius 1 is 1.00 bits per heavy atom. The summed E-state index contributed by atoms with van der Waals surface area (Å²) in [5, 5.41) is 6.16. The highest BCUT2D eigenvalue weighted by Crippen LogP contribution is 2.21. The first kappa shape index (κ1) is 20.1. The predicted octanol–water partition coefficient (Wildman–Crippen LogP) is 4.25. The van der Waals surface area contributed by atoms with Crippen LogP contribution in [0.5, 0.6) is 5.75 Å². The van der Waals surface area contributed by atoms with Crippen LogP contribution in [0, 0.1) is 6.92 Å². The molecule has 0 unspecified atom stereocenters. The molecule has 0 radical (unpaired) electrons. The molecule has 150 valence electrons. The van der Waals surface area contributed by atoms with Crippen molar-refractivity contribution in [3.05, 3.63) is 66.0 Å². The number of aromatic nitrogens is 2. The Bertz CT molecular complexity index is 969. The van der Waals surface area contributed by atoms with Crippen molar-refractivity contribution < 1.29 is 9.53 Å². The van der Waals surface area contributed by atoms with Gasteiger partial charge in [0.2, 0.25) is 0 Å². The van der Waals surface area contributed by atoms with Crippen LogP contribution in [0.4, 0.5) is 23.0 Å². The van der Waals surface area contributed by atoms with E-state index in [1.54, 1.807) is 24.3 Å². The van der Waals surface area contributed by atoms with Gasteiger partial charge in [-0.15, -0.1) is 0 Å². The van der Waals surface area contributed by atoms with E-state index < -0.39 is 0 Å². The first-order chi connectivity index (χ1) is 13.9. The van der Waals surface area contributed by atoms with E-state index >= 15 is 0 Å². The first-order valence-electron chi connectivity index (χ1n) is 9.39. The van der Waals surface area contributed by atoms with Gasteiger partial charge in [-0.3, -0.25) is 4.79 Å². The van der Waals surface area contributed by atoms with Crippen LogP contribution in [0.2, 0.25) is 0 Å². The van der Waals surface area contributed by atoms with Gasteiger partial charge in [0, 0.05) is 37.1 Å². The number of rotatable bonds is 7. The average molecular weight is 391 g/mol. The summed E-state index contributed by atoms with van der Waals surface area (Å²) in [6.45, 7) is 4.38. The molecular formula is C22H25N5O2. The predicted molar refractivity (Wildman–Crippen MR) is 116 cm³/mol. The third-order valence-corrected chi connectivity index (χ3v) is 4.13. The van der Waals surface area contributed by atoms with Gasteiger partial charge in [0.15, 0.2) is 0 Å². The largest absolute Gasteiger partial charge is 0.494 e. The fraction of sp³-hybridized carbons (Fsp3) is 0.227. The Balaban J connectivity index is 1.65. The van der Waals surface area contributed by atoms with Gasteiger partial charge in [0.05, 0.1) is 6.61 Å². The van der Waals surface area contributed by atoms with Gasteiger partial charge in [-0.2, -0.15) is 0 Å². The molecule has 0 aliphatic carbocycles. The van der Waals surface area contributed by atoms with Crippen molar-refractivity contribution >= 4 is 28.9 Å². The van der Waals surface area contributed by atoms with E-state index in [9.17, 15) is 4.79 Å². The van der Waals surface area contributed by atoms with Crippen LogP contribution in [-0.4, -0.2) is 36.6 Å². The van der Waals surface area contributed by atoms with Gasteiger partial charge >= 0.3 is 0 Å². The molecule has 29 heavy (non-hydrogen) atoms. The lowest BCUT2D eigenvalue weighted by atomic mass is 10.2. The molecule has 2 N–H and O–H groups in total. The number of aryl methyl sites for hydroxylation is 1. The number of nitrogens with zero attached hydrogens (tertiary/aromatic N) is 3. The van der Waals surface area contributed by atoms with E-state index in [4.69, 9.17) is 4.74 Å². The lowest BCUT2D eigenvalue weighted by Gasteiger charge is -2.14. The number of carbonyl (C=O) groups excluding carboxylic acids is 1. The van der Waals surface area contributed by atoms with Gasteiger partial charge in [-0.1, -0.05) is 0 Å².